The van der Waals surface area contributed by atoms with E-state index >= 15 is 0 Å². The lowest BCUT2D eigenvalue weighted by atomic mass is 10.0. The van der Waals surface area contributed by atoms with Crippen LogP contribution in [0.3, 0.4) is 0 Å². The monoisotopic (exact) mass is 474 g/mol. The number of nitrogens with zero attached hydrogens (tertiary/aromatic N) is 4. The van der Waals surface area contributed by atoms with Crippen LogP contribution in [0.1, 0.15) is 30.9 Å². The summed E-state index contributed by atoms with van der Waals surface area (Å²) in [7, 11) is 0. The Hall–Kier alpha value is -4.20. The fourth-order valence-electron chi connectivity index (χ4n) is 3.95. The van der Waals surface area contributed by atoms with Crippen LogP contribution in [-0.2, 0) is 6.18 Å². The number of alkyl halides is 3. The van der Waals surface area contributed by atoms with Crippen LogP contribution in [0.2, 0.25) is 0 Å². The van der Waals surface area contributed by atoms with Crippen molar-refractivity contribution in [3.05, 3.63) is 107 Å². The van der Waals surface area contributed by atoms with Crippen molar-refractivity contribution in [3.63, 3.8) is 0 Å². The van der Waals surface area contributed by atoms with Gasteiger partial charge in [-0.15, -0.1) is 5.10 Å². The van der Waals surface area contributed by atoms with Crippen LogP contribution in [0.15, 0.2) is 89.9 Å². The highest BCUT2D eigenvalue weighted by molar-refractivity contribution is 5.77. The molecule has 0 fully saturated rings. The van der Waals surface area contributed by atoms with E-state index in [2.05, 4.69) is 23.9 Å². The Morgan fingerprint density at radius 1 is 0.857 bits per heavy atom. The van der Waals surface area contributed by atoms with E-state index in [0.29, 0.717) is 11.5 Å². The van der Waals surface area contributed by atoms with Gasteiger partial charge in [-0.25, -0.2) is 9.67 Å². The van der Waals surface area contributed by atoms with Gasteiger partial charge in [0.1, 0.15) is 11.2 Å². The fourth-order valence-corrected chi connectivity index (χ4v) is 3.95. The van der Waals surface area contributed by atoms with E-state index in [4.69, 9.17) is 0 Å². The highest BCUT2D eigenvalue weighted by Gasteiger charge is 2.31. The standard InChI is InChI=1S/C27H21F3N4O/c1-17(2)18-11-13-19(14-12-18)25-31-24-23(16-33(32-24)21-8-4-3-5-9-21)26(35)34(25)22-10-6-7-20(15-22)27(28,29)30/h3-17H,1-2H3. The molecular weight excluding hydrogens is 453 g/mol. The summed E-state index contributed by atoms with van der Waals surface area (Å²) in [6.07, 6.45) is -3.00. The van der Waals surface area contributed by atoms with E-state index < -0.39 is 17.3 Å². The molecule has 5 nitrogen and oxygen atoms in total. The Morgan fingerprint density at radius 3 is 2.20 bits per heavy atom. The quantitative estimate of drug-likeness (QED) is 0.304. The van der Waals surface area contributed by atoms with Crippen LogP contribution >= 0.6 is 0 Å². The SMILES string of the molecule is CC(C)c1ccc(-c2nc3nn(-c4ccccc4)cc3c(=O)n2-c2cccc(C(F)(F)F)c2)cc1. The van der Waals surface area contributed by atoms with Crippen LogP contribution in [-0.4, -0.2) is 19.3 Å². The lowest BCUT2D eigenvalue weighted by Gasteiger charge is -2.15. The second-order valence-electron chi connectivity index (χ2n) is 8.55. The van der Waals surface area contributed by atoms with Crippen molar-refractivity contribution in [1.82, 2.24) is 19.3 Å². The van der Waals surface area contributed by atoms with Gasteiger partial charge < -0.3 is 0 Å². The average Bonchev–Trinajstić information content (AvgIpc) is 3.29. The molecule has 0 radical (unpaired) electrons. The highest BCUT2D eigenvalue weighted by atomic mass is 19.4. The van der Waals surface area contributed by atoms with E-state index in [1.807, 2.05) is 54.6 Å². The van der Waals surface area contributed by atoms with Gasteiger partial charge in [-0.05, 0) is 41.8 Å². The normalized spacial score (nSPS) is 11.9. The summed E-state index contributed by atoms with van der Waals surface area (Å²) in [6.45, 7) is 4.13. The highest BCUT2D eigenvalue weighted by Crippen LogP contribution is 2.31. The van der Waals surface area contributed by atoms with Gasteiger partial charge in [0.25, 0.3) is 5.56 Å². The molecule has 2 heterocycles. The fraction of sp³-hybridized carbons (Fsp3) is 0.148. The molecule has 3 aromatic carbocycles. The predicted octanol–water partition coefficient (Wildman–Crippen LogP) is 6.38. The molecule has 35 heavy (non-hydrogen) atoms. The smallest absolute Gasteiger partial charge is 0.268 e. The Balaban J connectivity index is 1.78. The minimum Gasteiger partial charge on any atom is -0.268 e. The van der Waals surface area contributed by atoms with Crippen molar-refractivity contribution in [2.75, 3.05) is 0 Å². The van der Waals surface area contributed by atoms with Crippen molar-refractivity contribution in [3.8, 4) is 22.8 Å². The second-order valence-corrected chi connectivity index (χ2v) is 8.55. The zero-order valence-corrected chi connectivity index (χ0v) is 19.0. The third-order valence-electron chi connectivity index (χ3n) is 5.84. The molecule has 0 aliphatic carbocycles. The molecule has 0 saturated heterocycles. The molecule has 0 aliphatic heterocycles. The van der Waals surface area contributed by atoms with Crippen molar-refractivity contribution in [2.45, 2.75) is 25.9 Å². The van der Waals surface area contributed by atoms with Gasteiger partial charge in [0.2, 0.25) is 0 Å². The topological polar surface area (TPSA) is 52.7 Å². The first-order valence-electron chi connectivity index (χ1n) is 11.1. The maximum absolute atomic E-state index is 13.7. The number of para-hydroxylation sites is 1. The first kappa shape index (κ1) is 22.6. The zero-order chi connectivity index (χ0) is 24.7. The maximum Gasteiger partial charge on any atom is 0.416 e. The molecule has 5 aromatic rings. The van der Waals surface area contributed by atoms with E-state index in [1.165, 1.54) is 16.7 Å². The zero-order valence-electron chi connectivity index (χ0n) is 19.0. The van der Waals surface area contributed by atoms with Gasteiger partial charge >= 0.3 is 6.18 Å². The first-order chi connectivity index (χ1) is 16.7. The molecule has 0 atom stereocenters. The van der Waals surface area contributed by atoms with Crippen LogP contribution in [0.5, 0.6) is 0 Å². The van der Waals surface area contributed by atoms with Crippen LogP contribution in [0.25, 0.3) is 33.8 Å². The lowest BCUT2D eigenvalue weighted by Crippen LogP contribution is -2.22. The maximum atomic E-state index is 13.7. The number of rotatable bonds is 4. The molecule has 8 heteroatoms. The average molecular weight is 474 g/mol. The lowest BCUT2D eigenvalue weighted by molar-refractivity contribution is -0.137. The number of hydrogen-bond donors (Lipinski definition) is 0. The summed E-state index contributed by atoms with van der Waals surface area (Å²) in [6, 6.07) is 21.4. The Morgan fingerprint density at radius 2 is 1.54 bits per heavy atom. The van der Waals surface area contributed by atoms with Gasteiger partial charge in [-0.1, -0.05) is 62.4 Å². The summed E-state index contributed by atoms with van der Waals surface area (Å²) in [4.78, 5) is 18.3. The minimum absolute atomic E-state index is 0.0784. The first-order valence-corrected chi connectivity index (χ1v) is 11.1. The van der Waals surface area contributed by atoms with E-state index in [1.54, 1.807) is 10.9 Å². The van der Waals surface area contributed by atoms with Crippen molar-refractivity contribution >= 4 is 11.0 Å². The molecule has 0 N–H and O–H groups in total. The summed E-state index contributed by atoms with van der Waals surface area (Å²) >= 11 is 0. The molecule has 176 valence electrons. The van der Waals surface area contributed by atoms with Gasteiger partial charge in [0.15, 0.2) is 5.65 Å². The molecule has 5 rings (SSSR count). The van der Waals surface area contributed by atoms with Crippen molar-refractivity contribution in [1.29, 1.82) is 0 Å². The molecule has 2 aromatic heterocycles. The van der Waals surface area contributed by atoms with Crippen LogP contribution in [0.4, 0.5) is 13.2 Å². The summed E-state index contributed by atoms with van der Waals surface area (Å²) < 4.78 is 43.1. The predicted molar refractivity (Wildman–Crippen MR) is 129 cm³/mol. The molecule has 0 aliphatic rings. The van der Waals surface area contributed by atoms with Gasteiger partial charge in [0.05, 0.1) is 16.9 Å². The second kappa shape index (κ2) is 8.54. The largest absolute Gasteiger partial charge is 0.416 e. The van der Waals surface area contributed by atoms with Gasteiger partial charge in [-0.3, -0.25) is 9.36 Å². The van der Waals surface area contributed by atoms with Crippen LogP contribution in [0, 0.1) is 0 Å². The third kappa shape index (κ3) is 4.23. The van der Waals surface area contributed by atoms with E-state index in [0.717, 1.165) is 23.4 Å². The van der Waals surface area contributed by atoms with Crippen molar-refractivity contribution in [2.24, 2.45) is 0 Å². The van der Waals surface area contributed by atoms with Crippen molar-refractivity contribution < 1.29 is 13.2 Å². The number of benzene rings is 3. The third-order valence-corrected chi connectivity index (χ3v) is 5.84. The summed E-state index contributed by atoms with van der Waals surface area (Å²) in [5.41, 5.74) is 1.37. The van der Waals surface area contributed by atoms with Gasteiger partial charge in [-0.2, -0.15) is 13.2 Å². The molecule has 0 unspecified atom stereocenters. The summed E-state index contributed by atoms with van der Waals surface area (Å²) in [5.74, 6) is 0.516. The Bertz CT molecular complexity index is 1570. The molecule has 0 bridgehead atoms. The number of aromatic nitrogens is 4. The molecule has 0 spiro atoms. The minimum atomic E-state index is -4.55. The number of halogens is 3. The van der Waals surface area contributed by atoms with Gasteiger partial charge in [0, 0.05) is 11.8 Å². The number of hydrogen-bond acceptors (Lipinski definition) is 3. The van der Waals surface area contributed by atoms with E-state index in [-0.39, 0.29) is 22.5 Å². The van der Waals surface area contributed by atoms with E-state index in [9.17, 15) is 18.0 Å². The molecule has 0 amide bonds. The Kier molecular flexibility index (Phi) is 5.51. The summed E-state index contributed by atoms with van der Waals surface area (Å²) in [5, 5.41) is 4.68. The number of fused-ring (bicyclic) bond motifs is 1. The molecule has 0 saturated carbocycles. The van der Waals surface area contributed by atoms with Crippen LogP contribution < -0.4 is 5.56 Å². The Labute approximate surface area is 199 Å². The molecular formula is C27H21F3N4O.